The van der Waals surface area contributed by atoms with E-state index in [9.17, 15) is 19.6 Å². The molecule has 0 aliphatic carbocycles. The number of carbonyl (C=O) groups is 3. The highest BCUT2D eigenvalue weighted by Gasteiger charge is 2.25. The zero-order valence-corrected chi connectivity index (χ0v) is 28.6. The van der Waals surface area contributed by atoms with E-state index in [1.165, 1.54) is 24.9 Å². The Morgan fingerprint density at radius 2 is 1.65 bits per heavy atom. The van der Waals surface area contributed by atoms with Gasteiger partial charge < -0.3 is 40.2 Å². The number of esters is 1. The lowest BCUT2D eigenvalue weighted by atomic mass is 10.0. The molecule has 12 nitrogen and oxygen atoms in total. The number of piperidine rings is 1. The molecule has 3 rings (SSSR count). The smallest absolute Gasteiger partial charge is 0.408 e. The average Bonchev–Trinajstić information content (AvgIpc) is 3.06. The van der Waals surface area contributed by atoms with Crippen molar-refractivity contribution < 1.29 is 33.3 Å². The molecule has 0 radical (unpaired) electrons. The van der Waals surface area contributed by atoms with Crippen molar-refractivity contribution in [3.63, 3.8) is 0 Å². The summed E-state index contributed by atoms with van der Waals surface area (Å²) in [6.07, 6.45) is 6.38. The largest absolute Gasteiger partial charge is 0.462 e. The predicted octanol–water partition coefficient (Wildman–Crippen LogP) is 4.45. The first-order chi connectivity index (χ1) is 23.1. The van der Waals surface area contributed by atoms with Crippen LogP contribution in [-0.4, -0.2) is 88.8 Å². The zero-order chi connectivity index (χ0) is 34.8. The van der Waals surface area contributed by atoms with Crippen LogP contribution in [0.5, 0.6) is 0 Å². The van der Waals surface area contributed by atoms with E-state index >= 15 is 0 Å². The van der Waals surface area contributed by atoms with Crippen molar-refractivity contribution in [1.29, 1.82) is 5.26 Å². The van der Waals surface area contributed by atoms with Gasteiger partial charge in [-0.25, -0.2) is 9.59 Å². The molecule has 1 aliphatic rings. The molecular weight excluding hydrogens is 614 g/mol. The Morgan fingerprint density at radius 3 is 2.35 bits per heavy atom. The van der Waals surface area contributed by atoms with Crippen molar-refractivity contribution in [3.8, 4) is 6.07 Å². The third-order valence-corrected chi connectivity index (χ3v) is 7.54. The van der Waals surface area contributed by atoms with Gasteiger partial charge in [0.2, 0.25) is 0 Å². The van der Waals surface area contributed by atoms with Gasteiger partial charge in [0, 0.05) is 25.3 Å². The first-order valence-corrected chi connectivity index (χ1v) is 16.8. The highest BCUT2D eigenvalue weighted by molar-refractivity contribution is 6.02. The number of fused-ring (bicyclic) bond motifs is 1. The summed E-state index contributed by atoms with van der Waals surface area (Å²) < 4.78 is 21.5. The van der Waals surface area contributed by atoms with E-state index in [-0.39, 0.29) is 45.2 Å². The van der Waals surface area contributed by atoms with Crippen molar-refractivity contribution in [1.82, 2.24) is 10.6 Å². The van der Waals surface area contributed by atoms with Crippen molar-refractivity contribution in [3.05, 3.63) is 47.5 Å². The van der Waals surface area contributed by atoms with E-state index in [4.69, 9.17) is 24.7 Å². The van der Waals surface area contributed by atoms with E-state index in [0.29, 0.717) is 25.8 Å². The normalized spacial score (nSPS) is 14.2. The Kier molecular flexibility index (Phi) is 16.1. The van der Waals surface area contributed by atoms with Crippen molar-refractivity contribution >= 4 is 40.5 Å². The number of hydrogen-bond donors (Lipinski definition) is 3. The summed E-state index contributed by atoms with van der Waals surface area (Å²) in [6.45, 7) is 9.03. The van der Waals surface area contributed by atoms with Gasteiger partial charge >= 0.3 is 12.1 Å². The van der Waals surface area contributed by atoms with Crippen LogP contribution in [0.2, 0.25) is 0 Å². The molecule has 0 spiro atoms. The summed E-state index contributed by atoms with van der Waals surface area (Å²) in [7, 11) is 0. The molecule has 1 aliphatic heterocycles. The topological polar surface area (TPSA) is 165 Å². The van der Waals surface area contributed by atoms with Crippen LogP contribution >= 0.6 is 0 Å². The van der Waals surface area contributed by atoms with Gasteiger partial charge in [0.1, 0.15) is 29.9 Å². The fourth-order valence-corrected chi connectivity index (χ4v) is 5.15. The summed E-state index contributed by atoms with van der Waals surface area (Å²) in [5.74, 6) is -1.04. The first-order valence-electron chi connectivity index (χ1n) is 16.8. The van der Waals surface area contributed by atoms with Crippen LogP contribution in [0.4, 0.5) is 10.5 Å². The fourth-order valence-electron chi connectivity index (χ4n) is 5.15. The lowest BCUT2D eigenvalue weighted by Gasteiger charge is -2.29. The molecule has 1 fully saturated rings. The third-order valence-electron chi connectivity index (χ3n) is 7.54. The van der Waals surface area contributed by atoms with Crippen LogP contribution in [0, 0.1) is 11.3 Å². The number of nitrogens with two attached hydrogens (primary N) is 1. The fraction of sp³-hybridized carbons (Fsp3) is 0.556. The maximum atomic E-state index is 12.6. The number of unbranched alkanes of at least 4 members (excludes halogenated alkanes) is 1. The molecule has 262 valence electrons. The second kappa shape index (κ2) is 20.2. The molecule has 0 unspecified atom stereocenters. The Morgan fingerprint density at radius 1 is 0.958 bits per heavy atom. The molecule has 48 heavy (non-hydrogen) atoms. The van der Waals surface area contributed by atoms with E-state index in [0.717, 1.165) is 29.4 Å². The van der Waals surface area contributed by atoms with E-state index in [2.05, 4.69) is 33.7 Å². The number of nitrogens with zero attached hydrogens (tertiary/aromatic N) is 2. The minimum atomic E-state index is -0.841. The molecule has 0 bridgehead atoms. The van der Waals surface area contributed by atoms with Gasteiger partial charge in [-0.05, 0) is 106 Å². The molecule has 4 N–H and O–H groups in total. The number of nitrogens with one attached hydrogen (secondary N) is 2. The summed E-state index contributed by atoms with van der Waals surface area (Å²) in [6, 6.07) is 13.5. The number of nitriles is 1. The lowest BCUT2D eigenvalue weighted by molar-refractivity contribution is -0.148. The van der Waals surface area contributed by atoms with Gasteiger partial charge in [0.25, 0.3) is 5.91 Å². The number of alkyl carbamates (subject to hydrolysis) is 1. The van der Waals surface area contributed by atoms with Crippen LogP contribution in [-0.2, 0) is 28.5 Å². The summed E-state index contributed by atoms with van der Waals surface area (Å²) in [4.78, 5) is 39.7. The average molecular weight is 666 g/mol. The van der Waals surface area contributed by atoms with Gasteiger partial charge in [0.05, 0.1) is 26.4 Å². The number of hydrogen-bond acceptors (Lipinski definition) is 10. The number of ether oxygens (including phenoxy) is 4. The van der Waals surface area contributed by atoms with Crippen molar-refractivity contribution in [2.75, 3.05) is 64.1 Å². The predicted molar refractivity (Wildman–Crippen MR) is 185 cm³/mol. The van der Waals surface area contributed by atoms with Gasteiger partial charge in [-0.1, -0.05) is 18.2 Å². The molecule has 1 heterocycles. The summed E-state index contributed by atoms with van der Waals surface area (Å²) >= 11 is 0. The molecular formula is C36H51N5O7. The number of anilines is 1. The monoisotopic (exact) mass is 665 g/mol. The van der Waals surface area contributed by atoms with E-state index < -0.39 is 29.6 Å². The van der Waals surface area contributed by atoms with Crippen LogP contribution < -0.4 is 21.3 Å². The highest BCUT2D eigenvalue weighted by Crippen LogP contribution is 2.26. The summed E-state index contributed by atoms with van der Waals surface area (Å²) in [5.41, 5.74) is 6.87. The number of carbonyl (C=O) groups excluding carboxylic acids is 3. The zero-order valence-electron chi connectivity index (χ0n) is 28.6. The van der Waals surface area contributed by atoms with Crippen LogP contribution in [0.3, 0.4) is 0 Å². The maximum Gasteiger partial charge on any atom is 0.408 e. The SMILES string of the molecule is CC(C)(C)OC(=O)N[C@@H](CCCCN)C(=O)OCCOCCOCCNC(=O)/C(C#N)=C/c1ccc2cc(N3CCCCC3)ccc2c1. The Labute approximate surface area is 283 Å². The summed E-state index contributed by atoms with van der Waals surface area (Å²) in [5, 5.41) is 17.0. The van der Waals surface area contributed by atoms with E-state index in [1.807, 2.05) is 24.3 Å². The van der Waals surface area contributed by atoms with Crippen LogP contribution in [0.25, 0.3) is 16.8 Å². The van der Waals surface area contributed by atoms with Crippen molar-refractivity contribution in [2.45, 2.75) is 70.9 Å². The van der Waals surface area contributed by atoms with Gasteiger partial charge in [-0.15, -0.1) is 0 Å². The Balaban J connectivity index is 1.32. The molecule has 2 aromatic carbocycles. The lowest BCUT2D eigenvalue weighted by Crippen LogP contribution is -2.44. The first kappa shape index (κ1) is 38.3. The van der Waals surface area contributed by atoms with Gasteiger partial charge in [-0.3, -0.25) is 4.79 Å². The van der Waals surface area contributed by atoms with Crippen LogP contribution in [0.1, 0.15) is 64.9 Å². The molecule has 1 saturated heterocycles. The minimum Gasteiger partial charge on any atom is -0.462 e. The van der Waals surface area contributed by atoms with E-state index in [1.54, 1.807) is 26.8 Å². The van der Waals surface area contributed by atoms with Gasteiger partial charge in [0.15, 0.2) is 0 Å². The second-order valence-corrected chi connectivity index (χ2v) is 12.6. The Bertz CT molecular complexity index is 1410. The molecule has 2 aromatic rings. The molecule has 12 heteroatoms. The molecule has 0 aromatic heterocycles. The highest BCUT2D eigenvalue weighted by atomic mass is 16.6. The van der Waals surface area contributed by atoms with Crippen LogP contribution in [0.15, 0.2) is 42.0 Å². The Hall–Kier alpha value is -4.18. The maximum absolute atomic E-state index is 12.6. The molecule has 1 atom stereocenters. The quantitative estimate of drug-likeness (QED) is 0.0897. The van der Waals surface area contributed by atoms with Gasteiger partial charge in [-0.2, -0.15) is 5.26 Å². The second-order valence-electron chi connectivity index (χ2n) is 12.6. The number of amides is 2. The van der Waals surface area contributed by atoms with Crippen molar-refractivity contribution in [2.24, 2.45) is 5.73 Å². The standard InChI is InChI=1S/C36H51N5O7/c1-36(2,3)48-35(44)40-32(9-5-6-14-37)34(43)47-22-21-46-20-19-45-18-15-39-33(42)30(26-38)24-27-10-11-29-25-31(13-12-28(29)23-27)41-16-7-4-8-17-41/h10-13,23-25,32H,4-9,14-22,37H2,1-3H3,(H,39,42)(H,40,44)/b30-24+/t32-/m0/s1. The number of benzene rings is 2. The minimum absolute atomic E-state index is 0.0123. The molecule has 2 amide bonds. The molecule has 0 saturated carbocycles. The third kappa shape index (κ3) is 13.9. The number of rotatable bonds is 18.